The summed E-state index contributed by atoms with van der Waals surface area (Å²) in [7, 11) is -2.47. The molecule has 10 heteroatoms. The van der Waals surface area contributed by atoms with Gasteiger partial charge in [-0.25, -0.2) is 8.42 Å². The van der Waals surface area contributed by atoms with Crippen molar-refractivity contribution in [3.8, 4) is 5.75 Å². The lowest BCUT2D eigenvalue weighted by Gasteiger charge is -2.36. The number of amides is 2. The third-order valence-electron chi connectivity index (χ3n) is 6.25. The highest BCUT2D eigenvalue weighted by molar-refractivity contribution is 7.89. The van der Waals surface area contributed by atoms with Crippen molar-refractivity contribution in [2.24, 2.45) is 11.7 Å². The minimum atomic E-state index is -3.93. The standard InChI is InChI=1S/C21H30ClN3O5S/c1-30-19-8-7-17(13-18(19)22)31(28,29)25(16-5-3-2-4-6-16)14-20(26)24-11-9-15(10-12-24)21(23)27/h7-8,13,15-16H,2-6,9-12,14H2,1H3,(H2,23,27). The van der Waals surface area contributed by atoms with Gasteiger partial charge in [-0.1, -0.05) is 30.9 Å². The van der Waals surface area contributed by atoms with Crippen molar-refractivity contribution in [2.45, 2.75) is 55.9 Å². The number of ether oxygens (including phenoxy) is 1. The largest absolute Gasteiger partial charge is 0.495 e. The predicted octanol–water partition coefficient (Wildman–Crippen LogP) is 2.40. The predicted molar refractivity (Wildman–Crippen MR) is 117 cm³/mol. The van der Waals surface area contributed by atoms with Gasteiger partial charge in [-0.15, -0.1) is 0 Å². The van der Waals surface area contributed by atoms with Crippen LogP contribution >= 0.6 is 11.6 Å². The zero-order valence-corrected chi connectivity index (χ0v) is 19.3. The number of benzene rings is 1. The summed E-state index contributed by atoms with van der Waals surface area (Å²) < 4.78 is 33.5. The van der Waals surface area contributed by atoms with E-state index in [1.165, 1.54) is 29.6 Å². The van der Waals surface area contributed by atoms with Gasteiger partial charge in [-0.2, -0.15) is 4.31 Å². The molecule has 31 heavy (non-hydrogen) atoms. The summed E-state index contributed by atoms with van der Waals surface area (Å²) in [4.78, 5) is 26.1. The minimum Gasteiger partial charge on any atom is -0.495 e. The molecule has 1 aliphatic carbocycles. The molecule has 1 aromatic rings. The van der Waals surface area contributed by atoms with Gasteiger partial charge in [0.1, 0.15) is 5.75 Å². The first-order valence-electron chi connectivity index (χ1n) is 10.7. The smallest absolute Gasteiger partial charge is 0.243 e. The van der Waals surface area contributed by atoms with Crippen LogP contribution in [0.15, 0.2) is 23.1 Å². The van der Waals surface area contributed by atoms with E-state index < -0.39 is 10.0 Å². The molecule has 1 saturated heterocycles. The number of nitrogens with zero attached hydrogens (tertiary/aromatic N) is 2. The van der Waals surface area contributed by atoms with E-state index in [2.05, 4.69) is 0 Å². The lowest BCUT2D eigenvalue weighted by molar-refractivity contribution is -0.135. The van der Waals surface area contributed by atoms with Gasteiger partial charge in [0, 0.05) is 25.0 Å². The number of halogens is 1. The Labute approximate surface area is 188 Å². The molecule has 0 radical (unpaired) electrons. The second-order valence-corrected chi connectivity index (χ2v) is 10.5. The fourth-order valence-electron chi connectivity index (χ4n) is 4.37. The zero-order chi connectivity index (χ0) is 22.6. The fourth-order valence-corrected chi connectivity index (χ4v) is 6.35. The molecule has 0 atom stereocenters. The van der Waals surface area contributed by atoms with Gasteiger partial charge in [0.05, 0.1) is 23.6 Å². The van der Waals surface area contributed by atoms with Crippen LogP contribution in [0.3, 0.4) is 0 Å². The molecular formula is C21H30ClN3O5S. The van der Waals surface area contributed by atoms with Crippen molar-refractivity contribution in [1.82, 2.24) is 9.21 Å². The maximum atomic E-state index is 13.5. The first-order valence-corrected chi connectivity index (χ1v) is 12.5. The minimum absolute atomic E-state index is 0.0455. The molecule has 8 nitrogen and oxygen atoms in total. The summed E-state index contributed by atoms with van der Waals surface area (Å²) in [6, 6.07) is 4.12. The van der Waals surface area contributed by atoms with E-state index in [9.17, 15) is 18.0 Å². The number of rotatable bonds is 7. The van der Waals surface area contributed by atoms with E-state index in [4.69, 9.17) is 22.1 Å². The number of sulfonamides is 1. The highest BCUT2D eigenvalue weighted by atomic mass is 35.5. The molecular weight excluding hydrogens is 442 g/mol. The summed E-state index contributed by atoms with van der Waals surface area (Å²) in [5, 5.41) is 0.201. The van der Waals surface area contributed by atoms with Gasteiger partial charge in [0.15, 0.2) is 0 Å². The number of primary amides is 1. The van der Waals surface area contributed by atoms with Crippen LogP contribution in [0.5, 0.6) is 5.75 Å². The Hall–Kier alpha value is -1.84. The number of carbonyl (C=O) groups excluding carboxylic acids is 2. The van der Waals surface area contributed by atoms with E-state index in [1.807, 2.05) is 0 Å². The zero-order valence-electron chi connectivity index (χ0n) is 17.8. The van der Waals surface area contributed by atoms with Gasteiger partial charge >= 0.3 is 0 Å². The van der Waals surface area contributed by atoms with Crippen molar-refractivity contribution in [2.75, 3.05) is 26.7 Å². The van der Waals surface area contributed by atoms with Gasteiger partial charge in [0.2, 0.25) is 21.8 Å². The van der Waals surface area contributed by atoms with Crippen molar-refractivity contribution in [1.29, 1.82) is 0 Å². The third-order valence-corrected chi connectivity index (χ3v) is 8.44. The van der Waals surface area contributed by atoms with Crippen LogP contribution in [-0.2, 0) is 19.6 Å². The first-order chi connectivity index (χ1) is 14.7. The van der Waals surface area contributed by atoms with Crippen LogP contribution in [0, 0.1) is 5.92 Å². The van der Waals surface area contributed by atoms with Crippen molar-refractivity contribution >= 4 is 33.4 Å². The van der Waals surface area contributed by atoms with Crippen LogP contribution in [0.1, 0.15) is 44.9 Å². The van der Waals surface area contributed by atoms with E-state index in [-0.39, 0.29) is 40.2 Å². The number of likely N-dealkylation sites (tertiary alicyclic amines) is 1. The Morgan fingerprint density at radius 3 is 2.35 bits per heavy atom. The Morgan fingerprint density at radius 2 is 1.81 bits per heavy atom. The topological polar surface area (TPSA) is 110 Å². The Bertz CT molecular complexity index is 910. The number of nitrogens with two attached hydrogens (primary N) is 1. The maximum absolute atomic E-state index is 13.5. The fraction of sp³-hybridized carbons (Fsp3) is 0.619. The molecule has 1 heterocycles. The molecule has 0 spiro atoms. The molecule has 0 aromatic heterocycles. The SMILES string of the molecule is COc1ccc(S(=O)(=O)N(CC(=O)N2CCC(C(N)=O)CC2)C2CCCCC2)cc1Cl. The Kier molecular flexibility index (Phi) is 7.82. The van der Waals surface area contributed by atoms with Crippen molar-refractivity contribution in [3.63, 3.8) is 0 Å². The Morgan fingerprint density at radius 1 is 1.16 bits per heavy atom. The number of piperidine rings is 1. The third kappa shape index (κ3) is 5.51. The normalized spacial score (nSPS) is 18.9. The molecule has 1 saturated carbocycles. The van der Waals surface area contributed by atoms with E-state index in [0.29, 0.717) is 31.7 Å². The van der Waals surface area contributed by atoms with E-state index >= 15 is 0 Å². The lowest BCUT2D eigenvalue weighted by atomic mass is 9.95. The highest BCUT2D eigenvalue weighted by Crippen LogP contribution is 2.32. The molecule has 2 amide bonds. The van der Waals surface area contributed by atoms with Crippen LogP contribution < -0.4 is 10.5 Å². The number of methoxy groups -OCH3 is 1. The van der Waals surface area contributed by atoms with Gasteiger partial charge in [-0.05, 0) is 43.9 Å². The van der Waals surface area contributed by atoms with Crippen molar-refractivity contribution < 1.29 is 22.7 Å². The summed E-state index contributed by atoms with van der Waals surface area (Å²) in [6.07, 6.45) is 5.38. The maximum Gasteiger partial charge on any atom is 0.243 e. The van der Waals surface area contributed by atoms with Gasteiger partial charge in [0.25, 0.3) is 0 Å². The summed E-state index contributed by atoms with van der Waals surface area (Å²) in [5.41, 5.74) is 5.37. The van der Waals surface area contributed by atoms with E-state index in [0.717, 1.165) is 32.1 Å². The average molecular weight is 472 g/mol. The molecule has 2 aliphatic rings. The number of carbonyl (C=O) groups is 2. The summed E-state index contributed by atoms with van der Waals surface area (Å²) >= 11 is 6.17. The van der Waals surface area contributed by atoms with Gasteiger partial charge < -0.3 is 15.4 Å². The molecule has 172 valence electrons. The summed E-state index contributed by atoms with van der Waals surface area (Å²) in [5.74, 6) is -0.450. The summed E-state index contributed by atoms with van der Waals surface area (Å²) in [6.45, 7) is 0.580. The first kappa shape index (κ1) is 23.8. The molecule has 2 N–H and O–H groups in total. The lowest BCUT2D eigenvalue weighted by Crippen LogP contribution is -2.50. The molecule has 1 aromatic carbocycles. The van der Waals surface area contributed by atoms with E-state index in [1.54, 1.807) is 4.90 Å². The molecule has 0 bridgehead atoms. The molecule has 2 fully saturated rings. The molecule has 1 aliphatic heterocycles. The van der Waals surface area contributed by atoms with Crippen LogP contribution in [-0.4, -0.2) is 62.2 Å². The number of hydrogen-bond acceptors (Lipinski definition) is 5. The van der Waals surface area contributed by atoms with Crippen LogP contribution in [0.4, 0.5) is 0 Å². The van der Waals surface area contributed by atoms with Crippen molar-refractivity contribution in [3.05, 3.63) is 23.2 Å². The second kappa shape index (κ2) is 10.2. The highest BCUT2D eigenvalue weighted by Gasteiger charge is 2.36. The molecule has 3 rings (SSSR count). The molecule has 0 unspecified atom stereocenters. The number of hydrogen-bond donors (Lipinski definition) is 1. The van der Waals surface area contributed by atoms with Crippen LogP contribution in [0.25, 0.3) is 0 Å². The quantitative estimate of drug-likeness (QED) is 0.656. The average Bonchev–Trinajstić information content (AvgIpc) is 2.77. The second-order valence-electron chi connectivity index (χ2n) is 8.20. The van der Waals surface area contributed by atoms with Crippen LogP contribution in [0.2, 0.25) is 5.02 Å². The van der Waals surface area contributed by atoms with Gasteiger partial charge in [-0.3, -0.25) is 9.59 Å². The monoisotopic (exact) mass is 471 g/mol. The Balaban J connectivity index is 1.82.